The molecule has 1 unspecified atom stereocenters. The summed E-state index contributed by atoms with van der Waals surface area (Å²) in [6.45, 7) is 0. The number of aliphatic hydroxyl groups excluding tert-OH is 1. The smallest absolute Gasteiger partial charge is 0.383 e. The molecule has 15 heavy (non-hydrogen) atoms. The maximum atomic E-state index is 11.9. The molecule has 1 aromatic carbocycles. The molecule has 0 aliphatic heterocycles. The zero-order valence-electron chi connectivity index (χ0n) is 7.46. The number of rotatable bonds is 3. The molecule has 1 aromatic rings. The van der Waals surface area contributed by atoms with Crippen molar-refractivity contribution in [2.45, 2.75) is 17.2 Å². The minimum atomic E-state index is -4.56. The topological polar surface area (TPSA) is 20.2 Å². The summed E-state index contributed by atoms with van der Waals surface area (Å²) in [7, 11) is 0. The molecule has 0 bridgehead atoms. The van der Waals surface area contributed by atoms with E-state index in [-0.39, 0.29) is 0 Å². The van der Waals surface area contributed by atoms with Crippen molar-refractivity contribution in [3.63, 3.8) is 0 Å². The van der Waals surface area contributed by atoms with Crippen molar-refractivity contribution >= 4 is 23.4 Å². The highest BCUT2D eigenvalue weighted by atomic mass is 35.5. The number of benzene rings is 1. The number of alkyl halides is 3. The molecule has 0 saturated carbocycles. The first-order valence-electron chi connectivity index (χ1n) is 4.03. The molecule has 84 valence electrons. The highest BCUT2D eigenvalue weighted by Crippen LogP contribution is 2.27. The predicted molar refractivity (Wildman–Crippen MR) is 54.2 cm³/mol. The Hall–Kier alpha value is -0.390. The van der Waals surface area contributed by atoms with E-state index in [2.05, 4.69) is 0 Å². The lowest BCUT2D eigenvalue weighted by Crippen LogP contribution is -2.30. The highest BCUT2D eigenvalue weighted by Gasteiger charge is 2.37. The van der Waals surface area contributed by atoms with Gasteiger partial charge in [0.2, 0.25) is 0 Å². The van der Waals surface area contributed by atoms with Gasteiger partial charge in [0.25, 0.3) is 0 Å². The van der Waals surface area contributed by atoms with Gasteiger partial charge in [-0.05, 0) is 18.2 Å². The van der Waals surface area contributed by atoms with Crippen LogP contribution in [0.1, 0.15) is 0 Å². The molecule has 0 radical (unpaired) electrons. The van der Waals surface area contributed by atoms with E-state index in [9.17, 15) is 13.2 Å². The number of thioether (sulfide) groups is 1. The van der Waals surface area contributed by atoms with Crippen molar-refractivity contribution in [1.82, 2.24) is 0 Å². The fraction of sp³-hybridized carbons (Fsp3) is 0.333. The van der Waals surface area contributed by atoms with E-state index in [4.69, 9.17) is 16.7 Å². The summed E-state index contributed by atoms with van der Waals surface area (Å²) in [5.74, 6) is -0.427. The standard InChI is InChI=1S/C9H8ClF3OS/c10-6-2-1-3-7(4-6)15-5-8(14)9(11,12)13/h1-4,8,14H,5H2. The lowest BCUT2D eigenvalue weighted by molar-refractivity contribution is -0.195. The van der Waals surface area contributed by atoms with E-state index in [0.29, 0.717) is 9.92 Å². The quantitative estimate of drug-likeness (QED) is 0.837. The van der Waals surface area contributed by atoms with E-state index in [1.807, 2.05) is 0 Å². The van der Waals surface area contributed by atoms with Gasteiger partial charge < -0.3 is 5.11 Å². The fourth-order valence-electron chi connectivity index (χ4n) is 0.826. The zero-order chi connectivity index (χ0) is 11.5. The second-order valence-corrected chi connectivity index (χ2v) is 4.36. The molecule has 1 N–H and O–H groups in total. The third kappa shape index (κ3) is 4.32. The van der Waals surface area contributed by atoms with E-state index in [0.717, 1.165) is 11.8 Å². The maximum absolute atomic E-state index is 11.9. The number of aliphatic hydroxyl groups is 1. The Morgan fingerprint density at radius 1 is 1.40 bits per heavy atom. The predicted octanol–water partition coefficient (Wildman–Crippen LogP) is 3.36. The molecule has 0 heterocycles. The van der Waals surface area contributed by atoms with Gasteiger partial charge in [0.05, 0.1) is 0 Å². The first kappa shape index (κ1) is 12.7. The molecule has 6 heteroatoms. The van der Waals surface area contributed by atoms with Gasteiger partial charge in [-0.1, -0.05) is 17.7 Å². The van der Waals surface area contributed by atoms with Crippen LogP contribution in [0, 0.1) is 0 Å². The van der Waals surface area contributed by atoms with E-state index < -0.39 is 18.0 Å². The third-order valence-electron chi connectivity index (χ3n) is 1.58. The molecular formula is C9H8ClF3OS. The molecule has 1 rings (SSSR count). The van der Waals surface area contributed by atoms with Crippen molar-refractivity contribution < 1.29 is 18.3 Å². The van der Waals surface area contributed by atoms with Crippen LogP contribution in [0.15, 0.2) is 29.2 Å². The van der Waals surface area contributed by atoms with Crippen LogP contribution in [0.4, 0.5) is 13.2 Å². The summed E-state index contributed by atoms with van der Waals surface area (Å²) in [5.41, 5.74) is 0. The summed E-state index contributed by atoms with van der Waals surface area (Å²) in [4.78, 5) is 0.603. The minimum absolute atomic E-state index is 0.427. The average molecular weight is 257 g/mol. The van der Waals surface area contributed by atoms with Gasteiger partial charge in [-0.15, -0.1) is 11.8 Å². The van der Waals surface area contributed by atoms with Crippen molar-refractivity contribution in [1.29, 1.82) is 0 Å². The van der Waals surface area contributed by atoms with E-state index in [1.165, 1.54) is 0 Å². The van der Waals surface area contributed by atoms with Crippen LogP contribution in [0.3, 0.4) is 0 Å². The zero-order valence-corrected chi connectivity index (χ0v) is 9.03. The number of halogens is 4. The van der Waals surface area contributed by atoms with Crippen LogP contribution in [0.5, 0.6) is 0 Å². The Kier molecular flexibility index (Phi) is 4.31. The normalized spacial score (nSPS) is 13.9. The molecule has 1 atom stereocenters. The van der Waals surface area contributed by atoms with Crippen molar-refractivity contribution in [2.75, 3.05) is 5.75 Å². The molecule has 0 spiro atoms. The number of hydrogen-bond donors (Lipinski definition) is 1. The monoisotopic (exact) mass is 256 g/mol. The van der Waals surface area contributed by atoms with Gasteiger partial charge in [-0.2, -0.15) is 13.2 Å². The molecular weight excluding hydrogens is 249 g/mol. The Morgan fingerprint density at radius 2 is 2.07 bits per heavy atom. The molecule has 0 amide bonds. The molecule has 0 aliphatic rings. The summed E-state index contributed by atoms with van der Waals surface area (Å²) < 4.78 is 35.8. The average Bonchev–Trinajstić information content (AvgIpc) is 2.12. The van der Waals surface area contributed by atoms with Crippen LogP contribution in [0.2, 0.25) is 5.02 Å². The van der Waals surface area contributed by atoms with Crippen molar-refractivity contribution in [3.05, 3.63) is 29.3 Å². The lowest BCUT2D eigenvalue weighted by Gasteiger charge is -2.13. The van der Waals surface area contributed by atoms with Crippen LogP contribution in [-0.4, -0.2) is 23.1 Å². The van der Waals surface area contributed by atoms with Gasteiger partial charge >= 0.3 is 6.18 Å². The Bertz CT molecular complexity index is 329. The lowest BCUT2D eigenvalue weighted by atomic mass is 10.4. The molecule has 0 fully saturated rings. The van der Waals surface area contributed by atoms with Gasteiger partial charge in [0, 0.05) is 15.7 Å². The van der Waals surface area contributed by atoms with Gasteiger partial charge in [0.1, 0.15) is 0 Å². The van der Waals surface area contributed by atoms with Gasteiger partial charge in [-0.25, -0.2) is 0 Å². The Morgan fingerprint density at radius 3 is 2.60 bits per heavy atom. The second kappa shape index (κ2) is 5.09. The van der Waals surface area contributed by atoms with Crippen molar-refractivity contribution in [2.24, 2.45) is 0 Å². The highest BCUT2D eigenvalue weighted by molar-refractivity contribution is 7.99. The fourth-order valence-corrected chi connectivity index (χ4v) is 2.01. The molecule has 1 nitrogen and oxygen atoms in total. The van der Waals surface area contributed by atoms with E-state index in [1.54, 1.807) is 24.3 Å². The Balaban J connectivity index is 2.51. The first-order valence-corrected chi connectivity index (χ1v) is 5.39. The largest absolute Gasteiger partial charge is 0.415 e. The minimum Gasteiger partial charge on any atom is -0.383 e. The first-order chi connectivity index (χ1) is 6.89. The summed E-state index contributed by atoms with van der Waals surface area (Å²) >= 11 is 6.57. The van der Waals surface area contributed by atoms with Crippen LogP contribution >= 0.6 is 23.4 Å². The Labute approximate surface area is 94.2 Å². The number of hydrogen-bond acceptors (Lipinski definition) is 2. The van der Waals surface area contributed by atoms with Crippen LogP contribution in [-0.2, 0) is 0 Å². The van der Waals surface area contributed by atoms with Gasteiger partial charge in [0.15, 0.2) is 6.10 Å². The summed E-state index contributed by atoms with van der Waals surface area (Å²) in [6.07, 6.45) is -6.87. The SMILES string of the molecule is OC(CSc1cccc(Cl)c1)C(F)(F)F. The van der Waals surface area contributed by atoms with Gasteiger partial charge in [-0.3, -0.25) is 0 Å². The maximum Gasteiger partial charge on any atom is 0.415 e. The van der Waals surface area contributed by atoms with Crippen molar-refractivity contribution in [3.8, 4) is 0 Å². The second-order valence-electron chi connectivity index (χ2n) is 2.83. The van der Waals surface area contributed by atoms with Crippen LogP contribution < -0.4 is 0 Å². The summed E-state index contributed by atoms with van der Waals surface area (Å²) in [6, 6.07) is 6.46. The van der Waals surface area contributed by atoms with Crippen LogP contribution in [0.25, 0.3) is 0 Å². The summed E-state index contributed by atoms with van der Waals surface area (Å²) in [5, 5.41) is 9.20. The third-order valence-corrected chi connectivity index (χ3v) is 2.89. The van der Waals surface area contributed by atoms with E-state index >= 15 is 0 Å². The molecule has 0 aliphatic carbocycles. The molecule has 0 saturated heterocycles. The molecule has 0 aromatic heterocycles.